The first-order chi connectivity index (χ1) is 5.63. The van der Waals surface area contributed by atoms with Crippen molar-refractivity contribution in [1.29, 1.82) is 0 Å². The Hall–Kier alpha value is -0.570. The largest absolute Gasteiger partial charge is 0.338 e. The van der Waals surface area contributed by atoms with Gasteiger partial charge in [-0.15, -0.1) is 11.6 Å². The Morgan fingerprint density at radius 3 is 2.75 bits per heavy atom. The highest BCUT2D eigenvalue weighted by Gasteiger charge is 2.49. The van der Waals surface area contributed by atoms with Crippen LogP contribution < -0.4 is 0 Å². The number of hydrogen-bond donors (Lipinski definition) is 0. The van der Waals surface area contributed by atoms with E-state index in [1.165, 1.54) is 0 Å². The van der Waals surface area contributed by atoms with Crippen LogP contribution in [0.5, 0.6) is 0 Å². The Balaban J connectivity index is 2.15. The molecular weight excluding hydrogens is 176 g/mol. The highest BCUT2D eigenvalue weighted by atomic mass is 35.5. The van der Waals surface area contributed by atoms with E-state index >= 15 is 0 Å². The molecule has 0 saturated heterocycles. The summed E-state index contributed by atoms with van der Waals surface area (Å²) in [5.41, 5.74) is 0.355. The molecule has 4 heteroatoms. The van der Waals surface area contributed by atoms with E-state index in [1.807, 2.05) is 0 Å². The average Bonchev–Trinajstić information content (AvgIpc) is 2.52. The third kappa shape index (κ3) is 1.22. The van der Waals surface area contributed by atoms with Gasteiger partial charge in [-0.1, -0.05) is 19.0 Å². The van der Waals surface area contributed by atoms with Crippen LogP contribution in [0.4, 0.5) is 0 Å². The number of hydrogen-bond acceptors (Lipinski definition) is 3. The van der Waals surface area contributed by atoms with E-state index in [0.717, 1.165) is 12.2 Å². The maximum Gasteiger partial charge on any atom is 0.241 e. The smallest absolute Gasteiger partial charge is 0.241 e. The normalized spacial score (nSPS) is 25.8. The van der Waals surface area contributed by atoms with Crippen molar-refractivity contribution in [3.8, 4) is 0 Å². The van der Waals surface area contributed by atoms with Gasteiger partial charge in [0.25, 0.3) is 0 Å². The molecule has 12 heavy (non-hydrogen) atoms. The monoisotopic (exact) mass is 186 g/mol. The van der Waals surface area contributed by atoms with Gasteiger partial charge in [-0.25, -0.2) is 0 Å². The lowest BCUT2D eigenvalue weighted by atomic mass is 10.1. The van der Waals surface area contributed by atoms with Crippen molar-refractivity contribution in [1.82, 2.24) is 10.1 Å². The Morgan fingerprint density at radius 1 is 1.67 bits per heavy atom. The van der Waals surface area contributed by atoms with E-state index in [4.69, 9.17) is 16.1 Å². The summed E-state index contributed by atoms with van der Waals surface area (Å²) in [6.45, 7) is 4.41. The van der Waals surface area contributed by atoms with Crippen LogP contribution in [0.2, 0.25) is 0 Å². The molecular formula is C8H11ClN2O. The number of nitrogens with zero attached hydrogens (tertiary/aromatic N) is 2. The molecule has 2 rings (SSSR count). The number of halogens is 1. The molecule has 66 valence electrons. The zero-order chi connectivity index (χ0) is 8.77. The standard InChI is InChI=1S/C8H11ClN2O/c1-8(2)3-5(8)7-10-6(4-9)12-11-7/h5H,3-4H2,1-2H3. The maximum absolute atomic E-state index is 5.54. The van der Waals surface area contributed by atoms with Crippen molar-refractivity contribution in [3.05, 3.63) is 11.7 Å². The summed E-state index contributed by atoms with van der Waals surface area (Å²) < 4.78 is 4.92. The molecule has 0 amide bonds. The van der Waals surface area contributed by atoms with Crippen molar-refractivity contribution >= 4 is 11.6 Å². The van der Waals surface area contributed by atoms with Crippen molar-refractivity contribution in [2.75, 3.05) is 0 Å². The van der Waals surface area contributed by atoms with Crippen molar-refractivity contribution in [2.45, 2.75) is 32.1 Å². The quantitative estimate of drug-likeness (QED) is 0.666. The van der Waals surface area contributed by atoms with Gasteiger partial charge in [-0.3, -0.25) is 0 Å². The van der Waals surface area contributed by atoms with E-state index < -0.39 is 0 Å². The van der Waals surface area contributed by atoms with Crippen LogP contribution in [0.25, 0.3) is 0 Å². The van der Waals surface area contributed by atoms with Gasteiger partial charge in [0.2, 0.25) is 5.89 Å². The molecule has 0 aromatic carbocycles. The van der Waals surface area contributed by atoms with E-state index in [2.05, 4.69) is 24.0 Å². The zero-order valence-electron chi connectivity index (χ0n) is 7.17. The van der Waals surface area contributed by atoms with Gasteiger partial charge < -0.3 is 4.52 Å². The summed E-state index contributed by atoms with van der Waals surface area (Å²) in [5.74, 6) is 2.11. The highest BCUT2D eigenvalue weighted by Crippen LogP contribution is 2.57. The number of alkyl halides is 1. The minimum atomic E-state index is 0.306. The minimum Gasteiger partial charge on any atom is -0.338 e. The molecule has 3 nitrogen and oxygen atoms in total. The lowest BCUT2D eigenvalue weighted by Crippen LogP contribution is -1.91. The maximum atomic E-state index is 5.54. The molecule has 0 radical (unpaired) electrons. The molecule has 1 atom stereocenters. The third-order valence-corrected chi connectivity index (χ3v) is 2.65. The SMILES string of the molecule is CC1(C)CC1c1noc(CCl)n1. The average molecular weight is 187 g/mol. The topological polar surface area (TPSA) is 38.9 Å². The second-order valence-electron chi connectivity index (χ2n) is 3.93. The Labute approximate surface area is 76.1 Å². The van der Waals surface area contributed by atoms with Crippen molar-refractivity contribution in [3.63, 3.8) is 0 Å². The van der Waals surface area contributed by atoms with Gasteiger partial charge in [0.15, 0.2) is 5.82 Å². The van der Waals surface area contributed by atoms with E-state index in [1.54, 1.807) is 0 Å². The van der Waals surface area contributed by atoms with Gasteiger partial charge >= 0.3 is 0 Å². The van der Waals surface area contributed by atoms with Crippen LogP contribution >= 0.6 is 11.6 Å². The first-order valence-corrected chi connectivity index (χ1v) is 4.55. The predicted molar refractivity (Wildman–Crippen MR) is 45.0 cm³/mol. The first-order valence-electron chi connectivity index (χ1n) is 4.02. The molecule has 1 unspecified atom stereocenters. The second-order valence-corrected chi connectivity index (χ2v) is 4.19. The minimum absolute atomic E-state index is 0.306. The lowest BCUT2D eigenvalue weighted by Gasteiger charge is -1.95. The van der Waals surface area contributed by atoms with Gasteiger partial charge in [-0.2, -0.15) is 4.98 Å². The molecule has 1 aliphatic carbocycles. The van der Waals surface area contributed by atoms with Crippen LogP contribution in [0.1, 0.15) is 37.9 Å². The molecule has 0 aliphatic heterocycles. The summed E-state index contributed by atoms with van der Waals surface area (Å²) in [5, 5.41) is 3.87. The Morgan fingerprint density at radius 2 is 2.33 bits per heavy atom. The van der Waals surface area contributed by atoms with E-state index in [-0.39, 0.29) is 0 Å². The highest BCUT2D eigenvalue weighted by molar-refractivity contribution is 6.16. The Kier molecular flexibility index (Phi) is 1.65. The molecule has 0 bridgehead atoms. The summed E-state index contributed by atoms with van der Waals surface area (Å²) in [7, 11) is 0. The lowest BCUT2D eigenvalue weighted by molar-refractivity contribution is 0.382. The van der Waals surface area contributed by atoms with Crippen molar-refractivity contribution in [2.24, 2.45) is 5.41 Å². The fourth-order valence-corrected chi connectivity index (χ4v) is 1.48. The number of rotatable bonds is 2. The summed E-state index contributed by atoms with van der Waals surface area (Å²) in [6, 6.07) is 0. The summed E-state index contributed by atoms with van der Waals surface area (Å²) in [6.07, 6.45) is 1.15. The molecule has 1 heterocycles. The van der Waals surface area contributed by atoms with Gasteiger partial charge in [-0.05, 0) is 11.8 Å². The molecule has 0 N–H and O–H groups in total. The van der Waals surface area contributed by atoms with E-state index in [9.17, 15) is 0 Å². The van der Waals surface area contributed by atoms with Crippen LogP contribution in [0.15, 0.2) is 4.52 Å². The molecule has 1 fully saturated rings. The molecule has 1 aliphatic rings. The van der Waals surface area contributed by atoms with Crippen LogP contribution in [-0.2, 0) is 5.88 Å². The fourth-order valence-electron chi connectivity index (χ4n) is 1.37. The first kappa shape index (κ1) is 8.05. The summed E-state index contributed by atoms with van der Waals surface area (Å²) >= 11 is 5.54. The van der Waals surface area contributed by atoms with Gasteiger partial charge in [0.1, 0.15) is 5.88 Å². The van der Waals surface area contributed by atoms with Gasteiger partial charge in [0, 0.05) is 5.92 Å². The zero-order valence-corrected chi connectivity index (χ0v) is 7.93. The molecule has 1 aromatic rings. The second kappa shape index (κ2) is 2.46. The van der Waals surface area contributed by atoms with E-state index in [0.29, 0.717) is 23.1 Å². The van der Waals surface area contributed by atoms with Crippen molar-refractivity contribution < 1.29 is 4.52 Å². The van der Waals surface area contributed by atoms with Crippen LogP contribution in [-0.4, -0.2) is 10.1 Å². The molecule has 0 spiro atoms. The van der Waals surface area contributed by atoms with Crippen LogP contribution in [0, 0.1) is 5.41 Å². The molecule has 1 aromatic heterocycles. The Bertz CT molecular complexity index is 295. The third-order valence-electron chi connectivity index (χ3n) is 2.42. The number of aromatic nitrogens is 2. The summed E-state index contributed by atoms with van der Waals surface area (Å²) in [4.78, 5) is 4.18. The van der Waals surface area contributed by atoms with Gasteiger partial charge in [0.05, 0.1) is 0 Å². The predicted octanol–water partition coefficient (Wildman–Crippen LogP) is 2.32. The van der Waals surface area contributed by atoms with Crippen LogP contribution in [0.3, 0.4) is 0 Å². The molecule has 1 saturated carbocycles. The fraction of sp³-hybridized carbons (Fsp3) is 0.750.